The molecule has 6 nitrogen and oxygen atoms in total. The average Bonchev–Trinajstić information content (AvgIpc) is 3.24. The summed E-state index contributed by atoms with van der Waals surface area (Å²) in [5.74, 6) is 1.02. The lowest BCUT2D eigenvalue weighted by molar-refractivity contribution is 0.0697. The van der Waals surface area contributed by atoms with Crippen LogP contribution in [0.3, 0.4) is 0 Å². The van der Waals surface area contributed by atoms with Crippen LogP contribution >= 0.6 is 12.6 Å². The number of carbonyl (C=O) groups excluding carboxylic acids is 1. The Labute approximate surface area is 229 Å². The number of rotatable bonds is 11. The van der Waals surface area contributed by atoms with Crippen LogP contribution in [0.1, 0.15) is 65.7 Å². The molecule has 0 fully saturated rings. The minimum Gasteiger partial charge on any atom is -0.478 e. The number of imidazole rings is 1. The third-order valence-corrected chi connectivity index (χ3v) is 7.08. The molecular weight excluding hydrogens is 494 g/mol. The van der Waals surface area contributed by atoms with E-state index < -0.39 is 5.97 Å². The number of aromatic carboxylic acids is 1. The first kappa shape index (κ1) is 27.5. The van der Waals surface area contributed by atoms with Gasteiger partial charge in [0.2, 0.25) is 0 Å². The molecule has 0 bridgehead atoms. The molecule has 0 aliphatic heterocycles. The van der Waals surface area contributed by atoms with E-state index in [2.05, 4.69) is 43.3 Å². The van der Waals surface area contributed by atoms with Gasteiger partial charge in [-0.15, -0.1) is 0 Å². The topological polar surface area (TPSA) is 84.2 Å². The van der Waals surface area contributed by atoms with E-state index in [1.54, 1.807) is 12.1 Å². The van der Waals surface area contributed by atoms with Crippen LogP contribution in [-0.2, 0) is 13.0 Å². The minimum atomic E-state index is -0.937. The fraction of sp³-hybridized carbons (Fsp3) is 0.323. The molecule has 0 unspecified atom stereocenters. The highest BCUT2D eigenvalue weighted by molar-refractivity contribution is 7.80. The molecule has 2 N–H and O–H groups in total. The van der Waals surface area contributed by atoms with E-state index in [4.69, 9.17) is 4.98 Å². The largest absolute Gasteiger partial charge is 0.478 e. The van der Waals surface area contributed by atoms with Crippen LogP contribution in [0.5, 0.6) is 0 Å². The molecule has 0 saturated carbocycles. The van der Waals surface area contributed by atoms with Crippen molar-refractivity contribution in [3.63, 3.8) is 0 Å². The quantitative estimate of drug-likeness (QED) is 0.194. The van der Waals surface area contributed by atoms with Gasteiger partial charge in [0.15, 0.2) is 0 Å². The van der Waals surface area contributed by atoms with Gasteiger partial charge < -0.3 is 15.0 Å². The Morgan fingerprint density at radius 2 is 1.79 bits per heavy atom. The van der Waals surface area contributed by atoms with E-state index in [-0.39, 0.29) is 17.5 Å². The second-order valence-electron chi connectivity index (χ2n) is 10.1. The average molecular weight is 530 g/mol. The first-order valence-electron chi connectivity index (χ1n) is 13.1. The lowest BCUT2D eigenvalue weighted by atomic mass is 9.99. The monoisotopic (exact) mass is 529 g/mol. The van der Waals surface area contributed by atoms with Crippen molar-refractivity contribution in [2.24, 2.45) is 5.92 Å². The molecule has 0 radical (unpaired) electrons. The Kier molecular flexibility index (Phi) is 8.89. The number of carboxylic acids is 1. The standard InChI is InChI=1S/C31H35N3O3S/c1-4-7-29-33-27-17-23(30(35)32-24(19-38)16-20(2)3)14-15-28(27)34(29)18-21-10-12-22(13-11-21)25-8-5-6-9-26(25)31(36)37/h5-6,8-15,17,20,24,38H,4,7,16,18-19H2,1-3H3,(H,32,35)(H,36,37)/t24-/m1/s1. The van der Waals surface area contributed by atoms with E-state index >= 15 is 0 Å². The molecule has 1 aromatic heterocycles. The van der Waals surface area contributed by atoms with Crippen molar-refractivity contribution in [3.8, 4) is 11.1 Å². The Balaban J connectivity index is 1.60. The van der Waals surface area contributed by atoms with Crippen molar-refractivity contribution < 1.29 is 14.7 Å². The summed E-state index contributed by atoms with van der Waals surface area (Å²) in [6.45, 7) is 7.04. The third kappa shape index (κ3) is 6.27. The van der Waals surface area contributed by atoms with Crippen molar-refractivity contribution in [3.05, 3.63) is 89.2 Å². The number of nitrogens with zero attached hydrogens (tertiary/aromatic N) is 2. The minimum absolute atomic E-state index is 0.0279. The summed E-state index contributed by atoms with van der Waals surface area (Å²) in [5, 5.41) is 12.6. The van der Waals surface area contributed by atoms with Crippen LogP contribution in [0.15, 0.2) is 66.7 Å². The summed E-state index contributed by atoms with van der Waals surface area (Å²) in [6, 6.07) is 20.8. The zero-order chi connectivity index (χ0) is 27.2. The maximum absolute atomic E-state index is 12.9. The second-order valence-corrected chi connectivity index (χ2v) is 10.5. The Hall–Kier alpha value is -3.58. The van der Waals surface area contributed by atoms with Crippen molar-refractivity contribution in [2.75, 3.05) is 5.75 Å². The highest BCUT2D eigenvalue weighted by Crippen LogP contribution is 2.26. The van der Waals surface area contributed by atoms with Gasteiger partial charge in [0.25, 0.3) is 5.91 Å². The summed E-state index contributed by atoms with van der Waals surface area (Å²) >= 11 is 4.41. The molecule has 3 aromatic carbocycles. The van der Waals surface area contributed by atoms with Crippen LogP contribution in [0.25, 0.3) is 22.2 Å². The Morgan fingerprint density at radius 1 is 1.05 bits per heavy atom. The van der Waals surface area contributed by atoms with Crippen molar-refractivity contribution in [1.29, 1.82) is 0 Å². The smallest absolute Gasteiger partial charge is 0.336 e. The number of aromatic nitrogens is 2. The van der Waals surface area contributed by atoms with E-state index in [1.165, 1.54) is 0 Å². The molecule has 4 rings (SSSR count). The molecular formula is C31H35N3O3S. The summed E-state index contributed by atoms with van der Waals surface area (Å²) in [4.78, 5) is 29.5. The number of carboxylic acid groups (broad SMARTS) is 1. The Bertz CT molecular complexity index is 1430. The number of benzene rings is 3. The normalized spacial score (nSPS) is 12.1. The van der Waals surface area contributed by atoms with Crippen molar-refractivity contribution in [1.82, 2.24) is 14.9 Å². The van der Waals surface area contributed by atoms with Gasteiger partial charge in [-0.1, -0.05) is 63.2 Å². The molecule has 0 spiro atoms. The summed E-state index contributed by atoms with van der Waals surface area (Å²) in [6.07, 6.45) is 2.67. The molecule has 1 amide bonds. The maximum atomic E-state index is 12.9. The predicted octanol–water partition coefficient (Wildman–Crippen LogP) is 6.48. The zero-order valence-corrected chi connectivity index (χ0v) is 23.0. The number of fused-ring (bicyclic) bond motifs is 1. The molecule has 4 aromatic rings. The Morgan fingerprint density at radius 3 is 2.45 bits per heavy atom. The van der Waals surface area contributed by atoms with Gasteiger partial charge in [0, 0.05) is 30.3 Å². The van der Waals surface area contributed by atoms with Gasteiger partial charge in [0.1, 0.15) is 5.82 Å². The van der Waals surface area contributed by atoms with E-state index in [1.807, 2.05) is 54.6 Å². The number of hydrogen-bond donors (Lipinski definition) is 3. The van der Waals surface area contributed by atoms with Crippen molar-refractivity contribution in [2.45, 2.75) is 52.6 Å². The fourth-order valence-electron chi connectivity index (χ4n) is 4.82. The van der Waals surface area contributed by atoms with Crippen LogP contribution < -0.4 is 5.32 Å². The van der Waals surface area contributed by atoms with Gasteiger partial charge in [-0.2, -0.15) is 12.6 Å². The number of hydrogen-bond acceptors (Lipinski definition) is 4. The van der Waals surface area contributed by atoms with Gasteiger partial charge >= 0.3 is 5.97 Å². The van der Waals surface area contributed by atoms with Crippen LogP contribution in [0.2, 0.25) is 0 Å². The predicted molar refractivity (Wildman–Crippen MR) is 156 cm³/mol. The zero-order valence-electron chi connectivity index (χ0n) is 22.1. The molecule has 0 saturated heterocycles. The number of aryl methyl sites for hydroxylation is 1. The number of carbonyl (C=O) groups is 2. The van der Waals surface area contributed by atoms with E-state index in [0.717, 1.165) is 47.2 Å². The van der Waals surface area contributed by atoms with Gasteiger partial charge in [-0.25, -0.2) is 9.78 Å². The summed E-state index contributed by atoms with van der Waals surface area (Å²) < 4.78 is 2.20. The number of amides is 1. The van der Waals surface area contributed by atoms with Crippen LogP contribution in [-0.4, -0.2) is 38.3 Å². The second kappa shape index (κ2) is 12.3. The SMILES string of the molecule is CCCc1nc2cc(C(=O)N[C@@H](CS)CC(C)C)ccc2n1Cc1ccc(-c2ccccc2C(=O)O)cc1. The van der Waals surface area contributed by atoms with E-state index in [0.29, 0.717) is 29.3 Å². The molecule has 38 heavy (non-hydrogen) atoms. The van der Waals surface area contributed by atoms with Crippen LogP contribution in [0.4, 0.5) is 0 Å². The molecule has 1 atom stereocenters. The molecule has 7 heteroatoms. The third-order valence-electron chi connectivity index (χ3n) is 6.64. The number of nitrogens with one attached hydrogen (secondary N) is 1. The van der Waals surface area contributed by atoms with Crippen LogP contribution in [0, 0.1) is 5.92 Å². The highest BCUT2D eigenvalue weighted by Gasteiger charge is 2.17. The van der Waals surface area contributed by atoms with Gasteiger partial charge in [-0.05, 0) is 59.7 Å². The van der Waals surface area contributed by atoms with Gasteiger partial charge in [-0.3, -0.25) is 4.79 Å². The summed E-state index contributed by atoms with van der Waals surface area (Å²) in [7, 11) is 0. The first-order valence-corrected chi connectivity index (χ1v) is 13.8. The molecule has 0 aliphatic carbocycles. The molecule has 1 heterocycles. The molecule has 0 aliphatic rings. The highest BCUT2D eigenvalue weighted by atomic mass is 32.1. The first-order chi connectivity index (χ1) is 18.3. The fourth-order valence-corrected chi connectivity index (χ4v) is 5.06. The van der Waals surface area contributed by atoms with Gasteiger partial charge in [0.05, 0.1) is 16.6 Å². The summed E-state index contributed by atoms with van der Waals surface area (Å²) in [5.41, 5.74) is 5.33. The maximum Gasteiger partial charge on any atom is 0.336 e. The lowest BCUT2D eigenvalue weighted by Crippen LogP contribution is -2.37. The van der Waals surface area contributed by atoms with E-state index in [9.17, 15) is 14.7 Å². The number of thiol groups is 1. The lowest BCUT2D eigenvalue weighted by Gasteiger charge is -2.18. The van der Waals surface area contributed by atoms with Crippen molar-refractivity contribution >= 4 is 35.5 Å². The molecule has 198 valence electrons.